The Morgan fingerprint density at radius 1 is 1.03 bits per heavy atom. The van der Waals surface area contributed by atoms with Crippen molar-refractivity contribution in [2.24, 2.45) is 5.10 Å². The largest absolute Gasteiger partial charge is 0.378 e. The number of rotatable bonds is 6. The fourth-order valence-electron chi connectivity index (χ4n) is 3.66. The Balaban J connectivity index is 1.41. The highest BCUT2D eigenvalue weighted by molar-refractivity contribution is 6.00. The topological polar surface area (TPSA) is 103 Å². The molecular weight excluding hydrogens is 423 g/mol. The number of halogens is 1. The average Bonchev–Trinajstić information content (AvgIpc) is 3.16. The minimum atomic E-state index is -0.311. The molecule has 0 spiro atoms. The van der Waals surface area contributed by atoms with E-state index in [9.17, 15) is 4.39 Å². The highest BCUT2D eigenvalue weighted by Crippen LogP contribution is 2.21. The van der Waals surface area contributed by atoms with E-state index in [1.165, 1.54) is 12.1 Å². The van der Waals surface area contributed by atoms with Gasteiger partial charge in [-0.15, -0.1) is 0 Å². The fourth-order valence-corrected chi connectivity index (χ4v) is 3.66. The Kier molecular flexibility index (Phi) is 5.81. The molecule has 1 aliphatic heterocycles. The summed E-state index contributed by atoms with van der Waals surface area (Å²) in [4.78, 5) is 18.9. The zero-order valence-corrected chi connectivity index (χ0v) is 18.0. The molecule has 0 unspecified atom stereocenters. The number of aromatic amines is 1. The van der Waals surface area contributed by atoms with Gasteiger partial charge in [0.05, 0.1) is 19.4 Å². The van der Waals surface area contributed by atoms with E-state index in [1.807, 2.05) is 36.1 Å². The van der Waals surface area contributed by atoms with E-state index >= 15 is 0 Å². The molecule has 2 aromatic heterocycles. The maximum Gasteiger partial charge on any atom is 0.250 e. The molecule has 0 amide bonds. The summed E-state index contributed by atoms with van der Waals surface area (Å²) in [5, 5.41) is 8.56. The normalized spacial score (nSPS) is 14.2. The van der Waals surface area contributed by atoms with Gasteiger partial charge in [-0.05, 0) is 37.3 Å². The van der Waals surface area contributed by atoms with Gasteiger partial charge >= 0.3 is 0 Å². The van der Waals surface area contributed by atoms with Crippen LogP contribution >= 0.6 is 0 Å². The summed E-state index contributed by atoms with van der Waals surface area (Å²) >= 11 is 0. The van der Waals surface area contributed by atoms with Crippen molar-refractivity contribution in [3.05, 3.63) is 65.6 Å². The highest BCUT2D eigenvalue weighted by atomic mass is 19.1. The van der Waals surface area contributed by atoms with Crippen LogP contribution in [0.15, 0.2) is 53.6 Å². The molecule has 10 heteroatoms. The second kappa shape index (κ2) is 9.21. The quantitative estimate of drug-likeness (QED) is 0.306. The predicted octanol–water partition coefficient (Wildman–Crippen LogP) is 3.83. The number of ether oxygens (including phenoxy) is 1. The van der Waals surface area contributed by atoms with Gasteiger partial charge in [0.1, 0.15) is 5.82 Å². The van der Waals surface area contributed by atoms with Gasteiger partial charge in [-0.1, -0.05) is 18.2 Å². The van der Waals surface area contributed by atoms with Crippen molar-refractivity contribution in [1.82, 2.24) is 19.9 Å². The number of hydrogen-bond acceptors (Lipinski definition) is 8. The molecule has 1 saturated heterocycles. The molecule has 0 saturated carbocycles. The molecule has 0 radical (unpaired) electrons. The van der Waals surface area contributed by atoms with Crippen LogP contribution in [0.2, 0.25) is 0 Å². The molecule has 4 aromatic rings. The number of hydrogen-bond donors (Lipinski definition) is 3. The number of hydrazone groups is 1. The number of nitrogens with zero attached hydrogens (tertiary/aromatic N) is 5. The van der Waals surface area contributed by atoms with Crippen molar-refractivity contribution in [2.75, 3.05) is 41.9 Å². The van der Waals surface area contributed by atoms with E-state index < -0.39 is 0 Å². The number of fused-ring (bicyclic) bond motifs is 1. The molecular formula is C23H23FN8O. The van der Waals surface area contributed by atoms with Crippen molar-refractivity contribution >= 4 is 40.6 Å². The van der Waals surface area contributed by atoms with Crippen LogP contribution in [0.5, 0.6) is 0 Å². The number of aryl methyl sites for hydroxylation is 1. The molecule has 0 aliphatic carbocycles. The summed E-state index contributed by atoms with van der Waals surface area (Å²) in [6, 6.07) is 14.1. The van der Waals surface area contributed by atoms with Gasteiger partial charge in [-0.2, -0.15) is 20.1 Å². The van der Waals surface area contributed by atoms with Crippen molar-refractivity contribution in [1.29, 1.82) is 0 Å². The van der Waals surface area contributed by atoms with Crippen LogP contribution in [0.3, 0.4) is 0 Å². The van der Waals surface area contributed by atoms with Crippen molar-refractivity contribution in [3.8, 4) is 0 Å². The molecule has 3 N–H and O–H groups in total. The number of anilines is 4. The van der Waals surface area contributed by atoms with Crippen molar-refractivity contribution in [3.63, 3.8) is 0 Å². The fraction of sp³-hybridized carbons (Fsp3) is 0.217. The second-order valence-electron chi connectivity index (χ2n) is 7.59. The number of benzene rings is 2. The second-order valence-corrected chi connectivity index (χ2v) is 7.59. The highest BCUT2D eigenvalue weighted by Gasteiger charge is 2.17. The molecule has 9 nitrogen and oxygen atoms in total. The van der Waals surface area contributed by atoms with Gasteiger partial charge in [0, 0.05) is 40.9 Å². The summed E-state index contributed by atoms with van der Waals surface area (Å²) in [7, 11) is 0. The first-order valence-electron chi connectivity index (χ1n) is 10.6. The number of nitrogens with one attached hydrogen (secondary N) is 3. The zero-order chi connectivity index (χ0) is 22.6. The predicted molar refractivity (Wildman–Crippen MR) is 127 cm³/mol. The zero-order valence-electron chi connectivity index (χ0n) is 18.0. The molecule has 2 aromatic carbocycles. The van der Waals surface area contributed by atoms with Gasteiger partial charge in [-0.25, -0.2) is 9.82 Å². The van der Waals surface area contributed by atoms with E-state index in [4.69, 9.17) is 4.74 Å². The lowest BCUT2D eigenvalue weighted by molar-refractivity contribution is 0.122. The summed E-state index contributed by atoms with van der Waals surface area (Å²) in [6.45, 7) is 4.57. The van der Waals surface area contributed by atoms with Crippen molar-refractivity contribution < 1.29 is 9.13 Å². The minimum absolute atomic E-state index is 0.296. The SMILES string of the molecule is Cc1[nH]c2ccccc2c1C=NNc1nc(Nc2ccc(F)cc2)nc(N2CCOCC2)n1. The first-order chi connectivity index (χ1) is 16.2. The summed E-state index contributed by atoms with van der Waals surface area (Å²) in [5.41, 5.74) is 6.65. The lowest BCUT2D eigenvalue weighted by Crippen LogP contribution is -2.37. The van der Waals surface area contributed by atoms with E-state index in [2.05, 4.69) is 35.8 Å². The number of morpholine rings is 1. The lowest BCUT2D eigenvalue weighted by atomic mass is 10.1. The van der Waals surface area contributed by atoms with E-state index in [0.29, 0.717) is 49.8 Å². The van der Waals surface area contributed by atoms with Crippen molar-refractivity contribution in [2.45, 2.75) is 6.92 Å². The van der Waals surface area contributed by atoms with Crippen LogP contribution in [-0.4, -0.2) is 52.5 Å². The standard InChI is InChI=1S/C23H23FN8O/c1-15-19(18-4-2-3-5-20(18)26-15)14-25-31-22-28-21(27-17-8-6-16(24)7-9-17)29-23(30-22)32-10-12-33-13-11-32/h2-9,14,26H,10-13H2,1H3,(H2,27,28,29,30,31). The molecule has 0 atom stereocenters. The molecule has 3 heterocycles. The van der Waals surface area contributed by atoms with Crippen LogP contribution in [0.25, 0.3) is 10.9 Å². The van der Waals surface area contributed by atoms with Gasteiger partial charge in [0.15, 0.2) is 0 Å². The Hall–Kier alpha value is -4.05. The van der Waals surface area contributed by atoms with Gasteiger partial charge in [-0.3, -0.25) is 0 Å². The molecule has 5 rings (SSSR count). The third-order valence-corrected chi connectivity index (χ3v) is 5.32. The first kappa shape index (κ1) is 20.8. The summed E-state index contributed by atoms with van der Waals surface area (Å²) in [6.07, 6.45) is 1.75. The van der Waals surface area contributed by atoms with Crippen LogP contribution in [0.4, 0.5) is 27.9 Å². The minimum Gasteiger partial charge on any atom is -0.378 e. The van der Waals surface area contributed by atoms with Crippen LogP contribution in [0, 0.1) is 12.7 Å². The van der Waals surface area contributed by atoms with Gasteiger partial charge in [0.25, 0.3) is 0 Å². The monoisotopic (exact) mass is 446 g/mol. The number of para-hydroxylation sites is 1. The first-order valence-corrected chi connectivity index (χ1v) is 10.6. The third kappa shape index (κ3) is 4.75. The van der Waals surface area contributed by atoms with E-state index in [1.54, 1.807) is 18.3 Å². The van der Waals surface area contributed by atoms with Crippen LogP contribution in [-0.2, 0) is 4.74 Å². The molecule has 1 fully saturated rings. The number of aromatic nitrogens is 4. The van der Waals surface area contributed by atoms with Crippen LogP contribution in [0.1, 0.15) is 11.3 Å². The molecule has 0 bridgehead atoms. The maximum atomic E-state index is 13.3. The van der Waals surface area contributed by atoms with Crippen LogP contribution < -0.4 is 15.6 Å². The molecule has 168 valence electrons. The Morgan fingerprint density at radius 2 is 1.79 bits per heavy atom. The van der Waals surface area contributed by atoms with E-state index in [0.717, 1.165) is 22.2 Å². The van der Waals surface area contributed by atoms with Gasteiger partial charge in [0.2, 0.25) is 17.8 Å². The van der Waals surface area contributed by atoms with E-state index in [-0.39, 0.29) is 5.82 Å². The Morgan fingerprint density at radius 3 is 2.61 bits per heavy atom. The summed E-state index contributed by atoms with van der Waals surface area (Å²) < 4.78 is 18.7. The Bertz CT molecular complexity index is 1280. The Labute approximate surface area is 189 Å². The lowest BCUT2D eigenvalue weighted by Gasteiger charge is -2.27. The average molecular weight is 446 g/mol. The third-order valence-electron chi connectivity index (χ3n) is 5.32. The smallest absolute Gasteiger partial charge is 0.250 e. The molecule has 33 heavy (non-hydrogen) atoms. The van der Waals surface area contributed by atoms with Gasteiger partial charge < -0.3 is 19.9 Å². The summed E-state index contributed by atoms with van der Waals surface area (Å²) in [5.74, 6) is 0.831. The molecule has 1 aliphatic rings. The number of H-pyrrole nitrogens is 1. The maximum absolute atomic E-state index is 13.3.